The van der Waals surface area contributed by atoms with Crippen LogP contribution >= 0.6 is 0 Å². The summed E-state index contributed by atoms with van der Waals surface area (Å²) in [6.07, 6.45) is -1.73. The first-order chi connectivity index (χ1) is 24.2. The summed E-state index contributed by atoms with van der Waals surface area (Å²) >= 11 is 0. The fourth-order valence-corrected chi connectivity index (χ4v) is 6.68. The lowest BCUT2D eigenvalue weighted by Gasteiger charge is -2.53. The fourth-order valence-electron chi connectivity index (χ4n) is 6.68. The van der Waals surface area contributed by atoms with E-state index in [0.717, 1.165) is 0 Å². The summed E-state index contributed by atoms with van der Waals surface area (Å²) in [4.78, 5) is 58.9. The molecule has 2 N–H and O–H groups in total. The second kappa shape index (κ2) is 16.2. The first-order valence-corrected chi connectivity index (χ1v) is 16.8. The Kier molecular flexibility index (Phi) is 11.5. The van der Waals surface area contributed by atoms with E-state index in [1.54, 1.807) is 97.1 Å². The van der Waals surface area contributed by atoms with Gasteiger partial charge < -0.3 is 29.5 Å². The van der Waals surface area contributed by atoms with Gasteiger partial charge in [0.1, 0.15) is 16.9 Å². The maximum atomic E-state index is 15.3. The van der Waals surface area contributed by atoms with E-state index in [4.69, 9.17) is 9.47 Å². The largest absolute Gasteiger partial charge is 0.481 e. The van der Waals surface area contributed by atoms with Gasteiger partial charge in [-0.2, -0.15) is 0 Å². The van der Waals surface area contributed by atoms with E-state index >= 15 is 9.59 Å². The average Bonchev–Trinajstić information content (AvgIpc) is 3.12. The summed E-state index contributed by atoms with van der Waals surface area (Å²) in [5, 5.41) is 20.8. The standard InChI is InChI=1S/C40H42N2O8/c1-3-25-41(34(28-17-9-5-10-18-28)49-30-21-13-7-14-22-30)38(47)40(27-32(36(43)44)33(40)37(45)46)39(48)42(26-4-2)35(29-19-11-6-12-20-29)50-31-23-15-8-16-24-31/h5-24,32-35H,3-4,25-27H2,1-2H3,(H,43,44)(H,45,46). The van der Waals surface area contributed by atoms with Crippen molar-refractivity contribution in [3.05, 3.63) is 132 Å². The molecule has 0 radical (unpaired) electrons. The van der Waals surface area contributed by atoms with Crippen molar-refractivity contribution in [1.82, 2.24) is 9.80 Å². The minimum atomic E-state index is -2.28. The molecule has 0 aliphatic heterocycles. The highest BCUT2D eigenvalue weighted by atomic mass is 16.5. The third-order valence-corrected chi connectivity index (χ3v) is 8.99. The van der Waals surface area contributed by atoms with Gasteiger partial charge in [0.2, 0.25) is 24.3 Å². The second-order valence-corrected chi connectivity index (χ2v) is 12.3. The quantitative estimate of drug-likeness (QED) is 0.0976. The van der Waals surface area contributed by atoms with Crippen molar-refractivity contribution >= 4 is 23.8 Å². The van der Waals surface area contributed by atoms with Gasteiger partial charge >= 0.3 is 11.9 Å². The van der Waals surface area contributed by atoms with Crippen molar-refractivity contribution in [1.29, 1.82) is 0 Å². The van der Waals surface area contributed by atoms with Crippen molar-refractivity contribution in [2.75, 3.05) is 13.1 Å². The molecule has 2 amide bonds. The summed E-state index contributed by atoms with van der Waals surface area (Å²) in [5.74, 6) is -6.97. The number of hydrogen-bond donors (Lipinski definition) is 2. The SMILES string of the molecule is CCCN(C(=O)C1(C(=O)N(CCC)C(Oc2ccccc2)c2ccccc2)CC(C(=O)O)C1C(=O)O)C(Oc1ccccc1)c1ccccc1. The lowest BCUT2D eigenvalue weighted by molar-refractivity contribution is -0.199. The molecule has 0 heterocycles. The zero-order valence-corrected chi connectivity index (χ0v) is 28.1. The van der Waals surface area contributed by atoms with Gasteiger partial charge in [0, 0.05) is 24.2 Å². The molecule has 4 unspecified atom stereocenters. The number of benzene rings is 4. The molecule has 0 bridgehead atoms. The van der Waals surface area contributed by atoms with Crippen LogP contribution in [0.3, 0.4) is 0 Å². The Bertz CT molecular complexity index is 1630. The summed E-state index contributed by atoms with van der Waals surface area (Å²) in [5.41, 5.74) is -1.08. The fraction of sp³-hybridized carbons (Fsp3) is 0.300. The van der Waals surface area contributed by atoms with E-state index in [2.05, 4.69) is 0 Å². The van der Waals surface area contributed by atoms with Gasteiger partial charge in [-0.05, 0) is 43.5 Å². The van der Waals surface area contributed by atoms with Crippen LogP contribution in [0.5, 0.6) is 11.5 Å². The van der Waals surface area contributed by atoms with Crippen molar-refractivity contribution in [3.8, 4) is 11.5 Å². The molecule has 1 aliphatic carbocycles. The zero-order valence-electron chi connectivity index (χ0n) is 28.1. The van der Waals surface area contributed by atoms with E-state index in [1.165, 1.54) is 9.80 Å². The van der Waals surface area contributed by atoms with E-state index in [9.17, 15) is 19.8 Å². The minimum absolute atomic E-state index is 0.0980. The van der Waals surface area contributed by atoms with Gasteiger partial charge in [0.05, 0.1) is 11.8 Å². The van der Waals surface area contributed by atoms with Crippen molar-refractivity contribution in [2.45, 2.75) is 45.6 Å². The molecule has 1 aliphatic rings. The van der Waals surface area contributed by atoms with E-state index in [-0.39, 0.29) is 13.1 Å². The van der Waals surface area contributed by atoms with Crippen LogP contribution in [0.2, 0.25) is 0 Å². The summed E-state index contributed by atoms with van der Waals surface area (Å²) < 4.78 is 12.9. The van der Waals surface area contributed by atoms with Gasteiger partial charge in [-0.15, -0.1) is 0 Å². The molecule has 5 rings (SSSR count). The second-order valence-electron chi connectivity index (χ2n) is 12.3. The number of carbonyl (C=O) groups excluding carboxylic acids is 2. The molecule has 260 valence electrons. The number of carboxylic acid groups (broad SMARTS) is 2. The lowest BCUT2D eigenvalue weighted by Crippen LogP contribution is -2.69. The predicted octanol–water partition coefficient (Wildman–Crippen LogP) is 6.81. The molecule has 4 aromatic carbocycles. The number of aliphatic carboxylic acids is 2. The van der Waals surface area contributed by atoms with Gasteiger partial charge in [0.25, 0.3) is 0 Å². The number of amides is 2. The number of ether oxygens (including phenoxy) is 2. The van der Waals surface area contributed by atoms with Crippen molar-refractivity contribution < 1.29 is 38.9 Å². The predicted molar refractivity (Wildman–Crippen MR) is 186 cm³/mol. The summed E-state index contributed by atoms with van der Waals surface area (Å²) in [6, 6.07) is 35.7. The van der Waals surface area contributed by atoms with Crippen LogP contribution in [0.15, 0.2) is 121 Å². The molecule has 10 heteroatoms. The van der Waals surface area contributed by atoms with Gasteiger partial charge in [0.15, 0.2) is 0 Å². The maximum absolute atomic E-state index is 15.3. The van der Waals surface area contributed by atoms with Crippen LogP contribution in [0.4, 0.5) is 0 Å². The Morgan fingerprint density at radius 2 is 0.980 bits per heavy atom. The summed E-state index contributed by atoms with van der Waals surface area (Å²) in [7, 11) is 0. The molecule has 50 heavy (non-hydrogen) atoms. The van der Waals surface area contributed by atoms with Crippen LogP contribution in [-0.4, -0.2) is 56.9 Å². The Labute approximate surface area is 291 Å². The summed E-state index contributed by atoms with van der Waals surface area (Å²) in [6.45, 7) is 3.91. The smallest absolute Gasteiger partial charge is 0.309 e. The van der Waals surface area contributed by atoms with Crippen molar-refractivity contribution in [3.63, 3.8) is 0 Å². The Morgan fingerprint density at radius 3 is 1.30 bits per heavy atom. The molecular weight excluding hydrogens is 636 g/mol. The van der Waals surface area contributed by atoms with Crippen molar-refractivity contribution in [2.24, 2.45) is 17.3 Å². The van der Waals surface area contributed by atoms with E-state index < -0.39 is 59.9 Å². The number of carbonyl (C=O) groups is 4. The highest BCUT2D eigenvalue weighted by molar-refractivity contribution is 6.11. The van der Waals surface area contributed by atoms with Crippen LogP contribution in [-0.2, 0) is 19.2 Å². The molecule has 4 atom stereocenters. The van der Waals surface area contributed by atoms with Gasteiger partial charge in [-0.1, -0.05) is 111 Å². The average molecular weight is 679 g/mol. The van der Waals surface area contributed by atoms with Crippen LogP contribution in [0, 0.1) is 17.3 Å². The molecular formula is C40H42N2O8. The Morgan fingerprint density at radius 1 is 0.620 bits per heavy atom. The number of para-hydroxylation sites is 2. The Balaban J connectivity index is 1.67. The third kappa shape index (κ3) is 7.34. The van der Waals surface area contributed by atoms with Crippen LogP contribution in [0.25, 0.3) is 0 Å². The number of hydrogen-bond acceptors (Lipinski definition) is 6. The normalized spacial score (nSPS) is 19.2. The number of nitrogens with zero attached hydrogens (tertiary/aromatic N) is 2. The molecule has 10 nitrogen and oxygen atoms in total. The molecule has 0 saturated heterocycles. The monoisotopic (exact) mass is 678 g/mol. The minimum Gasteiger partial charge on any atom is -0.481 e. The topological polar surface area (TPSA) is 134 Å². The number of rotatable bonds is 16. The highest BCUT2D eigenvalue weighted by Gasteiger charge is 2.71. The van der Waals surface area contributed by atoms with Crippen LogP contribution < -0.4 is 9.47 Å². The van der Waals surface area contributed by atoms with Gasteiger partial charge in [-0.25, -0.2) is 0 Å². The highest BCUT2D eigenvalue weighted by Crippen LogP contribution is 2.55. The molecule has 1 saturated carbocycles. The van der Waals surface area contributed by atoms with Gasteiger partial charge in [-0.3, -0.25) is 19.2 Å². The number of carboxylic acids is 2. The Hall–Kier alpha value is -5.64. The van der Waals surface area contributed by atoms with E-state index in [0.29, 0.717) is 35.5 Å². The zero-order chi connectivity index (χ0) is 35.7. The van der Waals surface area contributed by atoms with E-state index in [1.807, 2.05) is 38.1 Å². The first kappa shape index (κ1) is 35.7. The molecule has 0 aromatic heterocycles. The molecule has 0 spiro atoms. The third-order valence-electron chi connectivity index (χ3n) is 8.99. The first-order valence-electron chi connectivity index (χ1n) is 16.8. The molecule has 4 aromatic rings. The molecule has 1 fully saturated rings. The van der Waals surface area contributed by atoms with Crippen LogP contribution in [0.1, 0.15) is 56.7 Å². The lowest BCUT2D eigenvalue weighted by atomic mass is 9.51. The maximum Gasteiger partial charge on any atom is 0.309 e.